The van der Waals surface area contributed by atoms with Crippen molar-refractivity contribution >= 4 is 0 Å². The lowest BCUT2D eigenvalue weighted by Gasteiger charge is -2.37. The second-order valence-electron chi connectivity index (χ2n) is 8.89. The molecule has 2 aliphatic carbocycles. The summed E-state index contributed by atoms with van der Waals surface area (Å²) in [6.07, 6.45) is 12.4. The summed E-state index contributed by atoms with van der Waals surface area (Å²) in [7, 11) is 1.69. The van der Waals surface area contributed by atoms with E-state index in [1.54, 1.807) is 19.5 Å². The standard InChI is InChI=1S/C21H30N6O2/c1-28-14-19-12-27(25-24-19)20-6-16-9-26(11-18-8-22-4-5-23-18)10-17(16)7-21(20)29-13-15-2-3-15/h4-5,8,12,15-17,20-21H,2-3,6-7,9-11,13-14H2,1H3/t16-,17+,20-,21-/m1/s1. The molecule has 2 aromatic rings. The minimum atomic E-state index is 0.213. The number of nitrogens with zero attached hydrogens (tertiary/aromatic N) is 6. The zero-order chi connectivity index (χ0) is 19.6. The molecule has 0 N–H and O–H groups in total. The van der Waals surface area contributed by atoms with Crippen molar-refractivity contribution in [2.75, 3.05) is 26.8 Å². The fourth-order valence-electron chi connectivity index (χ4n) is 4.95. The maximum atomic E-state index is 6.44. The number of aromatic nitrogens is 5. The van der Waals surface area contributed by atoms with Gasteiger partial charge in [0.1, 0.15) is 5.69 Å². The van der Waals surface area contributed by atoms with Crippen molar-refractivity contribution in [1.29, 1.82) is 0 Å². The van der Waals surface area contributed by atoms with Crippen LogP contribution in [0.3, 0.4) is 0 Å². The summed E-state index contributed by atoms with van der Waals surface area (Å²) in [5.74, 6) is 2.10. The van der Waals surface area contributed by atoms with Gasteiger partial charge in [0.15, 0.2) is 0 Å². The van der Waals surface area contributed by atoms with Crippen molar-refractivity contribution in [3.63, 3.8) is 0 Å². The van der Waals surface area contributed by atoms with Crippen LogP contribution in [-0.4, -0.2) is 62.8 Å². The number of likely N-dealkylation sites (tertiary alicyclic amines) is 1. The second-order valence-corrected chi connectivity index (χ2v) is 8.89. The van der Waals surface area contributed by atoms with Crippen molar-refractivity contribution in [3.8, 4) is 0 Å². The minimum absolute atomic E-state index is 0.213. The van der Waals surface area contributed by atoms with Crippen LogP contribution < -0.4 is 0 Å². The molecule has 3 heterocycles. The molecule has 0 unspecified atom stereocenters. The first-order valence-corrected chi connectivity index (χ1v) is 10.8. The predicted octanol–water partition coefficient (Wildman–Crippen LogP) is 2.09. The Balaban J connectivity index is 1.28. The molecule has 0 aromatic carbocycles. The smallest absolute Gasteiger partial charge is 0.108 e. The molecule has 0 bridgehead atoms. The van der Waals surface area contributed by atoms with Gasteiger partial charge >= 0.3 is 0 Å². The number of methoxy groups -OCH3 is 1. The Morgan fingerprint density at radius 3 is 2.72 bits per heavy atom. The Labute approximate surface area is 171 Å². The van der Waals surface area contributed by atoms with Crippen LogP contribution in [0, 0.1) is 17.8 Å². The summed E-state index contributed by atoms with van der Waals surface area (Å²) in [6.45, 7) is 4.48. The molecule has 2 aromatic heterocycles. The van der Waals surface area contributed by atoms with Crippen molar-refractivity contribution in [2.24, 2.45) is 17.8 Å². The number of ether oxygens (including phenoxy) is 2. The van der Waals surface area contributed by atoms with Crippen LogP contribution in [0.25, 0.3) is 0 Å². The molecule has 1 saturated heterocycles. The first-order chi connectivity index (χ1) is 14.3. The van der Waals surface area contributed by atoms with E-state index in [9.17, 15) is 0 Å². The van der Waals surface area contributed by atoms with Gasteiger partial charge < -0.3 is 9.47 Å². The van der Waals surface area contributed by atoms with Gasteiger partial charge in [-0.2, -0.15) is 0 Å². The van der Waals surface area contributed by atoms with Crippen molar-refractivity contribution < 1.29 is 9.47 Å². The molecule has 0 radical (unpaired) electrons. The van der Waals surface area contributed by atoms with Crippen molar-refractivity contribution in [1.82, 2.24) is 29.9 Å². The normalized spacial score (nSPS) is 29.8. The van der Waals surface area contributed by atoms with E-state index in [1.165, 1.54) is 12.8 Å². The van der Waals surface area contributed by atoms with Crippen LogP contribution in [0.2, 0.25) is 0 Å². The summed E-state index contributed by atoms with van der Waals surface area (Å²) < 4.78 is 13.7. The van der Waals surface area contributed by atoms with Crippen LogP contribution in [-0.2, 0) is 22.6 Å². The third-order valence-electron chi connectivity index (χ3n) is 6.60. The van der Waals surface area contributed by atoms with Gasteiger partial charge in [-0.1, -0.05) is 5.21 Å². The molecule has 0 amide bonds. The van der Waals surface area contributed by atoms with E-state index in [0.29, 0.717) is 18.4 Å². The van der Waals surface area contributed by atoms with Gasteiger partial charge in [-0.05, 0) is 43.4 Å². The van der Waals surface area contributed by atoms with Gasteiger partial charge in [0.2, 0.25) is 0 Å². The van der Waals surface area contributed by atoms with E-state index in [-0.39, 0.29) is 12.1 Å². The SMILES string of the molecule is COCc1cn([C@@H]2C[C@@H]3CN(Cc4cnccn4)C[C@@H]3C[C@H]2OCC2CC2)nn1. The summed E-state index contributed by atoms with van der Waals surface area (Å²) in [5, 5.41) is 8.71. The minimum Gasteiger partial charge on any atom is -0.378 e. The fourth-order valence-corrected chi connectivity index (χ4v) is 4.95. The van der Waals surface area contributed by atoms with Crippen molar-refractivity contribution in [3.05, 3.63) is 36.2 Å². The van der Waals surface area contributed by atoms with Crippen LogP contribution in [0.4, 0.5) is 0 Å². The summed E-state index contributed by atoms with van der Waals surface area (Å²) >= 11 is 0. The van der Waals surface area contributed by atoms with Crippen LogP contribution in [0.5, 0.6) is 0 Å². The molecule has 2 saturated carbocycles. The average Bonchev–Trinajstić information content (AvgIpc) is 3.31. The number of rotatable bonds is 8. The quantitative estimate of drug-likeness (QED) is 0.674. The molecule has 5 rings (SSSR count). The zero-order valence-corrected chi connectivity index (χ0v) is 17.1. The fraction of sp³-hybridized carbons (Fsp3) is 0.714. The van der Waals surface area contributed by atoms with Crippen LogP contribution in [0.1, 0.15) is 43.1 Å². The number of fused-ring (bicyclic) bond motifs is 1. The Morgan fingerprint density at radius 2 is 1.97 bits per heavy atom. The first-order valence-electron chi connectivity index (χ1n) is 10.8. The summed E-state index contributed by atoms with van der Waals surface area (Å²) in [5.41, 5.74) is 1.93. The van der Waals surface area contributed by atoms with Crippen molar-refractivity contribution in [2.45, 2.75) is 51.0 Å². The van der Waals surface area contributed by atoms with Gasteiger partial charge in [0.05, 0.1) is 30.6 Å². The molecule has 3 aliphatic rings. The molecular weight excluding hydrogens is 368 g/mol. The van der Waals surface area contributed by atoms with E-state index < -0.39 is 0 Å². The molecule has 156 valence electrons. The zero-order valence-electron chi connectivity index (χ0n) is 17.1. The topological polar surface area (TPSA) is 78.2 Å². The highest BCUT2D eigenvalue weighted by atomic mass is 16.5. The molecular formula is C21H30N6O2. The highest BCUT2D eigenvalue weighted by Gasteiger charge is 2.44. The monoisotopic (exact) mass is 398 g/mol. The third kappa shape index (κ3) is 4.49. The van der Waals surface area contributed by atoms with Gasteiger partial charge in [-0.25, -0.2) is 4.68 Å². The van der Waals surface area contributed by atoms with E-state index >= 15 is 0 Å². The van der Waals surface area contributed by atoms with Crippen LogP contribution in [0.15, 0.2) is 24.8 Å². The van der Waals surface area contributed by atoms with Gasteiger partial charge in [-0.3, -0.25) is 14.9 Å². The molecule has 1 aliphatic heterocycles. The van der Waals surface area contributed by atoms with Gasteiger partial charge in [0, 0.05) is 51.9 Å². The summed E-state index contributed by atoms with van der Waals surface area (Å²) in [6, 6.07) is 0.254. The lowest BCUT2D eigenvalue weighted by atomic mass is 9.77. The predicted molar refractivity (Wildman–Crippen MR) is 106 cm³/mol. The number of hydrogen-bond donors (Lipinski definition) is 0. The first kappa shape index (κ1) is 19.1. The summed E-state index contributed by atoms with van der Waals surface area (Å²) in [4.78, 5) is 11.2. The van der Waals surface area contributed by atoms with E-state index in [1.807, 2.05) is 17.1 Å². The third-order valence-corrected chi connectivity index (χ3v) is 6.60. The lowest BCUT2D eigenvalue weighted by Crippen LogP contribution is -2.38. The molecule has 0 spiro atoms. The molecule has 29 heavy (non-hydrogen) atoms. The highest BCUT2D eigenvalue weighted by Crippen LogP contribution is 2.43. The van der Waals surface area contributed by atoms with E-state index in [4.69, 9.17) is 9.47 Å². The Hall–Kier alpha value is -1.90. The molecule has 8 heteroatoms. The van der Waals surface area contributed by atoms with E-state index in [0.717, 1.165) is 56.4 Å². The average molecular weight is 399 g/mol. The highest BCUT2D eigenvalue weighted by molar-refractivity contribution is 5.01. The maximum absolute atomic E-state index is 6.44. The Kier molecular flexibility index (Phi) is 5.56. The lowest BCUT2D eigenvalue weighted by molar-refractivity contribution is -0.0376. The molecule has 3 fully saturated rings. The number of hydrogen-bond acceptors (Lipinski definition) is 7. The maximum Gasteiger partial charge on any atom is 0.108 e. The van der Waals surface area contributed by atoms with E-state index in [2.05, 4.69) is 25.2 Å². The van der Waals surface area contributed by atoms with Gasteiger partial charge in [-0.15, -0.1) is 5.10 Å². The Bertz CT molecular complexity index is 795. The van der Waals surface area contributed by atoms with Crippen LogP contribution >= 0.6 is 0 Å². The Morgan fingerprint density at radius 1 is 1.10 bits per heavy atom. The second kappa shape index (κ2) is 8.45. The largest absolute Gasteiger partial charge is 0.378 e. The van der Waals surface area contributed by atoms with Gasteiger partial charge in [0.25, 0.3) is 0 Å². The molecule has 8 nitrogen and oxygen atoms in total. The molecule has 4 atom stereocenters.